The van der Waals surface area contributed by atoms with Crippen molar-refractivity contribution in [3.63, 3.8) is 0 Å². The van der Waals surface area contributed by atoms with Crippen LogP contribution >= 0.6 is 0 Å². The maximum Gasteiger partial charge on any atom is 0.141 e. The number of nitrogens with two attached hydrogens (primary N) is 1. The van der Waals surface area contributed by atoms with Gasteiger partial charge in [0.15, 0.2) is 0 Å². The molecule has 1 fully saturated rings. The van der Waals surface area contributed by atoms with E-state index in [4.69, 9.17) is 10.5 Å². The molecule has 0 bridgehead atoms. The lowest BCUT2D eigenvalue weighted by atomic mass is 10.1. The first-order chi connectivity index (χ1) is 7.65. The van der Waals surface area contributed by atoms with Gasteiger partial charge < -0.3 is 15.4 Å². The lowest BCUT2D eigenvalue weighted by Crippen LogP contribution is -2.35. The number of likely N-dealkylation sites (tertiary alicyclic amines) is 1. The summed E-state index contributed by atoms with van der Waals surface area (Å²) in [5, 5.41) is 0. The Hall–Kier alpha value is -1.29. The van der Waals surface area contributed by atoms with E-state index in [0.29, 0.717) is 11.9 Å². The van der Waals surface area contributed by atoms with Crippen LogP contribution in [0.5, 0.6) is 5.75 Å². The van der Waals surface area contributed by atoms with Gasteiger partial charge in [0.25, 0.3) is 0 Å². The Morgan fingerprint density at radius 1 is 1.44 bits per heavy atom. The van der Waals surface area contributed by atoms with Crippen LogP contribution in [0.1, 0.15) is 18.4 Å². The topological polar surface area (TPSA) is 51.4 Å². The number of piperidine rings is 1. The van der Waals surface area contributed by atoms with E-state index in [0.717, 1.165) is 37.2 Å². The van der Waals surface area contributed by atoms with Gasteiger partial charge in [-0.05, 0) is 38.4 Å². The van der Waals surface area contributed by atoms with Crippen LogP contribution in [0.2, 0.25) is 0 Å². The molecule has 88 valence electrons. The summed E-state index contributed by atoms with van der Waals surface area (Å²) in [4.78, 5) is 6.39. The molecule has 4 nitrogen and oxygen atoms in total. The molecule has 0 spiro atoms. The number of hydrogen-bond donors (Lipinski definition) is 1. The van der Waals surface area contributed by atoms with Crippen LogP contribution in [-0.4, -0.2) is 36.1 Å². The third-order valence-corrected chi connectivity index (χ3v) is 3.04. The summed E-state index contributed by atoms with van der Waals surface area (Å²) >= 11 is 0. The van der Waals surface area contributed by atoms with Gasteiger partial charge in [0.1, 0.15) is 17.7 Å². The summed E-state index contributed by atoms with van der Waals surface area (Å²) in [6.45, 7) is 4.21. The number of aryl methyl sites for hydroxylation is 1. The fraction of sp³-hybridized carbons (Fsp3) is 0.583. The lowest BCUT2D eigenvalue weighted by molar-refractivity contribution is 0.113. The number of nitrogen functional groups attached to an aromatic ring is 1. The number of anilines is 1. The molecule has 1 aliphatic heterocycles. The molecular weight excluding hydrogens is 202 g/mol. The molecule has 0 unspecified atom stereocenters. The second-order valence-electron chi connectivity index (χ2n) is 4.50. The first kappa shape index (κ1) is 11.2. The highest BCUT2D eigenvalue weighted by Gasteiger charge is 2.18. The van der Waals surface area contributed by atoms with Crippen molar-refractivity contribution in [2.45, 2.75) is 25.9 Å². The van der Waals surface area contributed by atoms with Gasteiger partial charge in [-0.25, -0.2) is 4.98 Å². The number of hydrogen-bond acceptors (Lipinski definition) is 4. The van der Waals surface area contributed by atoms with E-state index in [-0.39, 0.29) is 0 Å². The summed E-state index contributed by atoms with van der Waals surface area (Å²) in [6.07, 6.45) is 4.21. The van der Waals surface area contributed by atoms with Crippen molar-refractivity contribution in [3.8, 4) is 5.75 Å². The minimum Gasteiger partial charge on any atom is -0.488 e. The Labute approximate surface area is 96.4 Å². The van der Waals surface area contributed by atoms with Gasteiger partial charge in [0.05, 0.1) is 6.20 Å². The maximum atomic E-state index is 5.94. The predicted octanol–water partition coefficient (Wildman–Crippen LogP) is 1.45. The Kier molecular flexibility index (Phi) is 3.29. The SMILES string of the molecule is Cc1cc(N)ncc1OC1CCN(C)CC1. The van der Waals surface area contributed by atoms with E-state index in [2.05, 4.69) is 16.9 Å². The van der Waals surface area contributed by atoms with Crippen LogP contribution < -0.4 is 10.5 Å². The minimum atomic E-state index is 0.320. The van der Waals surface area contributed by atoms with Gasteiger partial charge in [-0.1, -0.05) is 0 Å². The van der Waals surface area contributed by atoms with Crippen LogP contribution in [0, 0.1) is 6.92 Å². The first-order valence-corrected chi connectivity index (χ1v) is 5.72. The molecule has 2 N–H and O–H groups in total. The molecule has 0 aromatic carbocycles. The van der Waals surface area contributed by atoms with Crippen molar-refractivity contribution in [2.24, 2.45) is 0 Å². The third-order valence-electron chi connectivity index (χ3n) is 3.04. The monoisotopic (exact) mass is 221 g/mol. The predicted molar refractivity (Wildman–Crippen MR) is 64.5 cm³/mol. The van der Waals surface area contributed by atoms with Crippen molar-refractivity contribution in [1.82, 2.24) is 9.88 Å². The Morgan fingerprint density at radius 2 is 2.12 bits per heavy atom. The molecular formula is C12H19N3O. The maximum absolute atomic E-state index is 5.94. The molecule has 0 saturated carbocycles. The highest BCUT2D eigenvalue weighted by Crippen LogP contribution is 2.22. The second-order valence-corrected chi connectivity index (χ2v) is 4.50. The standard InChI is InChI=1S/C12H19N3O/c1-9-7-12(13)14-8-11(9)16-10-3-5-15(2)6-4-10/h7-8,10H,3-6H2,1-2H3,(H2,13,14). The number of rotatable bonds is 2. The Morgan fingerprint density at radius 3 is 2.75 bits per heavy atom. The summed E-state index contributed by atoms with van der Waals surface area (Å²) in [7, 11) is 2.15. The fourth-order valence-corrected chi connectivity index (χ4v) is 1.97. The van der Waals surface area contributed by atoms with Gasteiger partial charge >= 0.3 is 0 Å². The number of aromatic nitrogens is 1. The number of pyridine rings is 1. The van der Waals surface area contributed by atoms with Crippen LogP contribution in [0.3, 0.4) is 0 Å². The van der Waals surface area contributed by atoms with Crippen molar-refractivity contribution < 1.29 is 4.74 Å². The average molecular weight is 221 g/mol. The van der Waals surface area contributed by atoms with Crippen LogP contribution in [0.4, 0.5) is 5.82 Å². The first-order valence-electron chi connectivity index (χ1n) is 5.72. The van der Waals surface area contributed by atoms with Gasteiger partial charge in [0.2, 0.25) is 0 Å². The largest absolute Gasteiger partial charge is 0.488 e. The van der Waals surface area contributed by atoms with Crippen molar-refractivity contribution in [2.75, 3.05) is 25.9 Å². The molecule has 2 heterocycles. The van der Waals surface area contributed by atoms with Gasteiger partial charge in [-0.3, -0.25) is 0 Å². The van der Waals surface area contributed by atoms with E-state index in [1.165, 1.54) is 0 Å². The normalized spacial score (nSPS) is 18.6. The number of nitrogens with zero attached hydrogens (tertiary/aromatic N) is 2. The van der Waals surface area contributed by atoms with E-state index in [9.17, 15) is 0 Å². The molecule has 1 aliphatic rings. The summed E-state index contributed by atoms with van der Waals surface area (Å²) in [5.41, 5.74) is 6.67. The Bertz CT molecular complexity index is 359. The third kappa shape index (κ3) is 2.64. The summed E-state index contributed by atoms with van der Waals surface area (Å²) in [5.74, 6) is 1.41. The molecule has 4 heteroatoms. The van der Waals surface area contributed by atoms with Crippen molar-refractivity contribution in [1.29, 1.82) is 0 Å². The van der Waals surface area contributed by atoms with Gasteiger partial charge in [-0.15, -0.1) is 0 Å². The highest BCUT2D eigenvalue weighted by molar-refractivity contribution is 5.39. The van der Waals surface area contributed by atoms with E-state index in [1.807, 2.05) is 13.0 Å². The molecule has 0 aliphatic carbocycles. The van der Waals surface area contributed by atoms with Crippen molar-refractivity contribution in [3.05, 3.63) is 17.8 Å². The van der Waals surface area contributed by atoms with E-state index < -0.39 is 0 Å². The fourth-order valence-electron chi connectivity index (χ4n) is 1.97. The Balaban J connectivity index is 1.98. The molecule has 2 rings (SSSR count). The van der Waals surface area contributed by atoms with Crippen molar-refractivity contribution >= 4 is 5.82 Å². The zero-order valence-electron chi connectivity index (χ0n) is 9.94. The molecule has 0 radical (unpaired) electrons. The number of ether oxygens (including phenoxy) is 1. The highest BCUT2D eigenvalue weighted by atomic mass is 16.5. The molecule has 0 amide bonds. The minimum absolute atomic E-state index is 0.320. The smallest absolute Gasteiger partial charge is 0.141 e. The molecule has 1 saturated heterocycles. The van der Waals surface area contributed by atoms with Crippen LogP contribution in [0.15, 0.2) is 12.3 Å². The lowest BCUT2D eigenvalue weighted by Gasteiger charge is -2.29. The second kappa shape index (κ2) is 4.70. The quantitative estimate of drug-likeness (QED) is 0.821. The van der Waals surface area contributed by atoms with Gasteiger partial charge in [-0.2, -0.15) is 0 Å². The zero-order chi connectivity index (χ0) is 11.5. The zero-order valence-corrected chi connectivity index (χ0v) is 9.94. The average Bonchev–Trinajstić information content (AvgIpc) is 2.25. The van der Waals surface area contributed by atoms with Crippen LogP contribution in [-0.2, 0) is 0 Å². The molecule has 1 aromatic heterocycles. The van der Waals surface area contributed by atoms with Gasteiger partial charge in [0, 0.05) is 13.1 Å². The van der Waals surface area contributed by atoms with E-state index in [1.54, 1.807) is 6.20 Å². The molecule has 1 aromatic rings. The van der Waals surface area contributed by atoms with Crippen LogP contribution in [0.25, 0.3) is 0 Å². The summed E-state index contributed by atoms with van der Waals surface area (Å²) < 4.78 is 5.94. The summed E-state index contributed by atoms with van der Waals surface area (Å²) in [6, 6.07) is 1.85. The molecule has 16 heavy (non-hydrogen) atoms. The van der Waals surface area contributed by atoms with E-state index >= 15 is 0 Å². The molecule has 0 atom stereocenters.